The lowest BCUT2D eigenvalue weighted by Crippen LogP contribution is -2.68. The molecule has 0 bridgehead atoms. The van der Waals surface area contributed by atoms with Crippen LogP contribution in [0.1, 0.15) is 22.8 Å². The second-order valence-corrected chi connectivity index (χ2v) is 7.90. The average molecular weight is 451 g/mol. The van der Waals surface area contributed by atoms with E-state index in [2.05, 4.69) is 15.4 Å². The third-order valence-corrected chi connectivity index (χ3v) is 5.26. The SMILES string of the molecule is COC(=O)C(C)NCC1(O)CN(C(=O)c2ccc(F)c(F)c2Nc2ccc(C)cc2F)C1. The Morgan fingerprint density at radius 1 is 1.19 bits per heavy atom. The summed E-state index contributed by atoms with van der Waals surface area (Å²) >= 11 is 0. The molecule has 3 N–H and O–H groups in total. The van der Waals surface area contributed by atoms with Gasteiger partial charge in [0.15, 0.2) is 11.6 Å². The summed E-state index contributed by atoms with van der Waals surface area (Å²) in [6, 6.07) is 5.43. The van der Waals surface area contributed by atoms with Gasteiger partial charge in [0.2, 0.25) is 0 Å². The van der Waals surface area contributed by atoms with Crippen molar-refractivity contribution in [2.75, 3.05) is 32.1 Å². The van der Waals surface area contributed by atoms with Gasteiger partial charge in [-0.3, -0.25) is 9.59 Å². The van der Waals surface area contributed by atoms with Gasteiger partial charge >= 0.3 is 5.97 Å². The summed E-state index contributed by atoms with van der Waals surface area (Å²) in [5.41, 5.74) is -1.48. The number of likely N-dealkylation sites (tertiary alicyclic amines) is 1. The van der Waals surface area contributed by atoms with E-state index in [9.17, 15) is 27.9 Å². The lowest BCUT2D eigenvalue weighted by atomic mass is 9.92. The van der Waals surface area contributed by atoms with Crippen LogP contribution >= 0.6 is 0 Å². The number of esters is 1. The van der Waals surface area contributed by atoms with Crippen LogP contribution in [0.4, 0.5) is 24.5 Å². The molecule has 1 amide bonds. The van der Waals surface area contributed by atoms with Crippen LogP contribution in [-0.4, -0.2) is 60.3 Å². The molecule has 1 heterocycles. The molecule has 172 valence electrons. The van der Waals surface area contributed by atoms with E-state index in [-0.39, 0.29) is 30.9 Å². The number of nitrogens with one attached hydrogen (secondary N) is 2. The molecule has 0 saturated carbocycles. The summed E-state index contributed by atoms with van der Waals surface area (Å²) in [7, 11) is 1.24. The molecule has 0 spiro atoms. The number of rotatable bonds is 7. The number of amides is 1. The van der Waals surface area contributed by atoms with Crippen LogP contribution in [0.25, 0.3) is 0 Å². The van der Waals surface area contributed by atoms with Crippen LogP contribution in [0.15, 0.2) is 30.3 Å². The molecule has 3 rings (SSSR count). The van der Waals surface area contributed by atoms with Crippen LogP contribution in [0.2, 0.25) is 0 Å². The highest BCUT2D eigenvalue weighted by Gasteiger charge is 2.44. The summed E-state index contributed by atoms with van der Waals surface area (Å²) in [4.78, 5) is 25.6. The van der Waals surface area contributed by atoms with Gasteiger partial charge in [0.05, 0.1) is 37.1 Å². The Balaban J connectivity index is 1.75. The number of aliphatic hydroxyl groups is 1. The van der Waals surface area contributed by atoms with Crippen LogP contribution < -0.4 is 10.6 Å². The smallest absolute Gasteiger partial charge is 0.322 e. The maximum atomic E-state index is 14.5. The van der Waals surface area contributed by atoms with Gasteiger partial charge in [-0.05, 0) is 43.7 Å². The summed E-state index contributed by atoms with van der Waals surface area (Å²) in [6.07, 6.45) is 0. The van der Waals surface area contributed by atoms with Crippen LogP contribution in [0, 0.1) is 24.4 Å². The zero-order valence-corrected chi connectivity index (χ0v) is 17.8. The normalized spacial score (nSPS) is 15.7. The van der Waals surface area contributed by atoms with Crippen molar-refractivity contribution in [1.29, 1.82) is 0 Å². The van der Waals surface area contributed by atoms with Crippen LogP contribution in [0.3, 0.4) is 0 Å². The van der Waals surface area contributed by atoms with Gasteiger partial charge in [0, 0.05) is 6.54 Å². The molecule has 1 saturated heterocycles. The largest absolute Gasteiger partial charge is 0.468 e. The number of nitrogens with zero attached hydrogens (tertiary/aromatic N) is 1. The lowest BCUT2D eigenvalue weighted by Gasteiger charge is -2.47. The Bertz CT molecular complexity index is 1040. The zero-order chi connectivity index (χ0) is 23.6. The second-order valence-electron chi connectivity index (χ2n) is 7.90. The monoisotopic (exact) mass is 451 g/mol. The molecule has 1 fully saturated rings. The zero-order valence-electron chi connectivity index (χ0n) is 17.8. The topological polar surface area (TPSA) is 90.9 Å². The highest BCUT2D eigenvalue weighted by molar-refractivity contribution is 6.01. The number of β-amino-alcohol motifs (C(OH)–C–C–N with tert-alkyl or cyclic N) is 1. The maximum Gasteiger partial charge on any atom is 0.322 e. The van der Waals surface area contributed by atoms with Crippen molar-refractivity contribution in [2.45, 2.75) is 25.5 Å². The number of aryl methyl sites for hydroxylation is 1. The molecule has 1 unspecified atom stereocenters. The average Bonchev–Trinajstić information content (AvgIpc) is 2.74. The number of ether oxygens (including phenoxy) is 1. The minimum Gasteiger partial charge on any atom is -0.468 e. The molecule has 10 heteroatoms. The van der Waals surface area contributed by atoms with E-state index in [4.69, 9.17) is 0 Å². The van der Waals surface area contributed by atoms with Crippen molar-refractivity contribution in [2.24, 2.45) is 0 Å². The number of carbonyl (C=O) groups excluding carboxylic acids is 2. The molecule has 32 heavy (non-hydrogen) atoms. The molecule has 0 radical (unpaired) electrons. The number of hydrogen-bond donors (Lipinski definition) is 3. The Labute approximate surface area is 183 Å². The van der Waals surface area contributed by atoms with Crippen LogP contribution in [0.5, 0.6) is 0 Å². The van der Waals surface area contributed by atoms with E-state index in [1.165, 1.54) is 24.1 Å². The maximum absolute atomic E-state index is 14.5. The molecule has 1 aliphatic rings. The first-order valence-electron chi connectivity index (χ1n) is 9.88. The van der Waals surface area contributed by atoms with Crippen molar-refractivity contribution < 1.29 is 32.6 Å². The second kappa shape index (κ2) is 9.17. The summed E-state index contributed by atoms with van der Waals surface area (Å²) in [6.45, 7) is 3.08. The first-order chi connectivity index (χ1) is 15.0. The molecular formula is C22H24F3N3O4. The van der Waals surface area contributed by atoms with Gasteiger partial charge < -0.3 is 25.4 Å². The Morgan fingerprint density at radius 3 is 2.50 bits per heavy atom. The van der Waals surface area contributed by atoms with Gasteiger partial charge in [-0.15, -0.1) is 0 Å². The van der Waals surface area contributed by atoms with Crippen molar-refractivity contribution in [3.8, 4) is 0 Å². The van der Waals surface area contributed by atoms with Crippen LogP contribution in [-0.2, 0) is 9.53 Å². The summed E-state index contributed by atoms with van der Waals surface area (Å²) in [5, 5.41) is 15.8. The standard InChI is InChI=1S/C22H24F3N3O4/c1-12-4-7-17(16(24)8-12)27-19-14(5-6-15(23)18(19)25)20(29)28-10-22(31,11-28)9-26-13(2)21(30)32-3/h4-8,13,26-27,31H,9-11H2,1-3H3. The first kappa shape index (κ1) is 23.6. The third kappa shape index (κ3) is 4.86. The van der Waals surface area contributed by atoms with Gasteiger partial charge in [0.25, 0.3) is 5.91 Å². The molecule has 0 aromatic heterocycles. The minimum absolute atomic E-state index is 0.0184. The van der Waals surface area contributed by atoms with E-state index in [0.717, 1.165) is 12.1 Å². The van der Waals surface area contributed by atoms with Crippen molar-refractivity contribution in [1.82, 2.24) is 10.2 Å². The molecular weight excluding hydrogens is 427 g/mol. The predicted molar refractivity (Wildman–Crippen MR) is 111 cm³/mol. The van der Waals surface area contributed by atoms with E-state index in [1.54, 1.807) is 19.9 Å². The molecule has 2 aromatic rings. The number of carbonyl (C=O) groups is 2. The number of methoxy groups -OCH3 is 1. The fourth-order valence-corrected chi connectivity index (χ4v) is 3.40. The van der Waals surface area contributed by atoms with E-state index < -0.39 is 46.7 Å². The molecule has 1 atom stereocenters. The number of anilines is 2. The minimum atomic E-state index is -1.32. The van der Waals surface area contributed by atoms with Gasteiger partial charge in [-0.25, -0.2) is 13.2 Å². The fraction of sp³-hybridized carbons (Fsp3) is 0.364. The number of hydrogen-bond acceptors (Lipinski definition) is 6. The van der Waals surface area contributed by atoms with E-state index >= 15 is 0 Å². The lowest BCUT2D eigenvalue weighted by molar-refractivity contribution is -0.143. The third-order valence-electron chi connectivity index (χ3n) is 5.26. The molecule has 2 aromatic carbocycles. The van der Waals surface area contributed by atoms with Gasteiger partial charge in [-0.2, -0.15) is 0 Å². The highest BCUT2D eigenvalue weighted by Crippen LogP contribution is 2.31. The Hall–Kier alpha value is -3.11. The molecule has 7 nitrogen and oxygen atoms in total. The first-order valence-corrected chi connectivity index (χ1v) is 9.88. The Kier molecular flexibility index (Phi) is 6.75. The number of benzene rings is 2. The summed E-state index contributed by atoms with van der Waals surface area (Å²) in [5.74, 6) is -4.36. The molecule has 1 aliphatic heterocycles. The van der Waals surface area contributed by atoms with Crippen molar-refractivity contribution in [3.05, 3.63) is 58.9 Å². The van der Waals surface area contributed by atoms with Gasteiger partial charge in [0.1, 0.15) is 17.5 Å². The predicted octanol–water partition coefficient (Wildman–Crippen LogP) is 2.49. The van der Waals surface area contributed by atoms with E-state index in [1.807, 2.05) is 0 Å². The number of halogens is 3. The van der Waals surface area contributed by atoms with Crippen molar-refractivity contribution >= 4 is 23.3 Å². The van der Waals surface area contributed by atoms with Gasteiger partial charge in [-0.1, -0.05) is 6.07 Å². The highest BCUT2D eigenvalue weighted by atomic mass is 19.2. The van der Waals surface area contributed by atoms with Crippen molar-refractivity contribution in [3.63, 3.8) is 0 Å². The Morgan fingerprint density at radius 2 is 1.88 bits per heavy atom. The fourth-order valence-electron chi connectivity index (χ4n) is 3.40. The quantitative estimate of drug-likeness (QED) is 0.561. The van der Waals surface area contributed by atoms with E-state index in [0.29, 0.717) is 5.56 Å². The molecule has 0 aliphatic carbocycles. The summed E-state index contributed by atoms with van der Waals surface area (Å²) < 4.78 is 47.2.